The fraction of sp³-hybridized carbons (Fsp3) is 0.481. The number of amides is 3. The van der Waals surface area contributed by atoms with Crippen molar-refractivity contribution >= 4 is 23.4 Å². The monoisotopic (exact) mass is 512 g/mol. The number of likely N-dealkylation sites (N-methyl/N-ethyl adjacent to an activating group) is 1. The fourth-order valence-electron chi connectivity index (χ4n) is 4.28. The number of pyridine rings is 1. The highest BCUT2D eigenvalue weighted by atomic mass is 16.5. The quantitative estimate of drug-likeness (QED) is 0.632. The Bertz CT molecular complexity index is 1080. The first-order chi connectivity index (χ1) is 17.7. The zero-order chi connectivity index (χ0) is 26.9. The molecule has 0 saturated heterocycles. The molecule has 3 rings (SSSR count). The molecule has 0 radical (unpaired) electrons. The molecule has 2 aromatic rings. The Balaban J connectivity index is 1.93. The zero-order valence-electron chi connectivity index (χ0n) is 22.1. The number of carbonyl (C=O) groups excluding carboxylic acids is 3. The number of benzene rings is 1. The highest BCUT2D eigenvalue weighted by Crippen LogP contribution is 2.27. The fourth-order valence-corrected chi connectivity index (χ4v) is 4.28. The SMILES string of the molecule is COCC(=O)Nc1ccc2c(c1)OC[C@@H](C)N(C(=O)Cc1ccccn1)C[C@H](C)[C@H](OC)CN(C)C2=O. The van der Waals surface area contributed by atoms with Crippen LogP contribution >= 0.6 is 0 Å². The van der Waals surface area contributed by atoms with Crippen molar-refractivity contribution in [2.45, 2.75) is 32.4 Å². The maximum atomic E-state index is 13.4. The Kier molecular flexibility index (Phi) is 9.99. The molecule has 10 nitrogen and oxygen atoms in total. The predicted octanol–water partition coefficient (Wildman–Crippen LogP) is 2.24. The van der Waals surface area contributed by atoms with Gasteiger partial charge in [-0.25, -0.2) is 0 Å². The average Bonchev–Trinajstić information content (AvgIpc) is 2.88. The summed E-state index contributed by atoms with van der Waals surface area (Å²) >= 11 is 0. The van der Waals surface area contributed by atoms with Crippen LogP contribution < -0.4 is 10.1 Å². The summed E-state index contributed by atoms with van der Waals surface area (Å²) < 4.78 is 16.7. The third kappa shape index (κ3) is 7.50. The van der Waals surface area contributed by atoms with E-state index in [9.17, 15) is 14.4 Å². The van der Waals surface area contributed by atoms with Crippen molar-refractivity contribution in [3.05, 3.63) is 53.9 Å². The van der Waals surface area contributed by atoms with E-state index >= 15 is 0 Å². The van der Waals surface area contributed by atoms with E-state index < -0.39 is 0 Å². The standard InChI is InChI=1S/C27H36N4O6/c1-18-14-31(26(33)13-20-8-6-7-11-28-20)19(2)16-37-23-12-21(29-25(32)17-35-4)9-10-22(23)27(34)30(3)15-24(18)36-5/h6-12,18-19,24H,13-17H2,1-5H3,(H,29,32)/t18-,19+,24+/m0/s1. The second kappa shape index (κ2) is 13.2. The van der Waals surface area contributed by atoms with E-state index in [1.54, 1.807) is 48.4 Å². The molecule has 10 heteroatoms. The predicted molar refractivity (Wildman–Crippen MR) is 138 cm³/mol. The van der Waals surface area contributed by atoms with Gasteiger partial charge in [-0.05, 0) is 31.2 Å². The smallest absolute Gasteiger partial charge is 0.257 e. The van der Waals surface area contributed by atoms with Gasteiger partial charge in [0.2, 0.25) is 11.8 Å². The molecule has 37 heavy (non-hydrogen) atoms. The van der Waals surface area contributed by atoms with Crippen LogP contribution in [0.2, 0.25) is 0 Å². The van der Waals surface area contributed by atoms with Crippen molar-refractivity contribution in [2.24, 2.45) is 5.92 Å². The summed E-state index contributed by atoms with van der Waals surface area (Å²) in [7, 11) is 4.75. The Morgan fingerprint density at radius 3 is 2.62 bits per heavy atom. The third-order valence-corrected chi connectivity index (χ3v) is 6.38. The highest BCUT2D eigenvalue weighted by molar-refractivity contribution is 5.98. The number of nitrogens with one attached hydrogen (secondary N) is 1. The minimum absolute atomic E-state index is 0.0485. The van der Waals surface area contributed by atoms with Gasteiger partial charge in [-0.1, -0.05) is 13.0 Å². The molecule has 0 spiro atoms. The van der Waals surface area contributed by atoms with Gasteiger partial charge in [-0.2, -0.15) is 0 Å². The van der Waals surface area contributed by atoms with E-state index in [4.69, 9.17) is 14.2 Å². The number of aromatic nitrogens is 1. The number of hydrogen-bond acceptors (Lipinski definition) is 7. The summed E-state index contributed by atoms with van der Waals surface area (Å²) in [4.78, 5) is 46.4. The second-order valence-corrected chi connectivity index (χ2v) is 9.33. The van der Waals surface area contributed by atoms with Crippen LogP contribution in [0.25, 0.3) is 0 Å². The van der Waals surface area contributed by atoms with Crippen LogP contribution in [0.5, 0.6) is 5.75 Å². The van der Waals surface area contributed by atoms with Crippen LogP contribution in [-0.2, 0) is 25.5 Å². The Labute approximate surface area is 217 Å². The first-order valence-electron chi connectivity index (χ1n) is 12.3. The summed E-state index contributed by atoms with van der Waals surface area (Å²) in [6.07, 6.45) is 1.55. The molecule has 1 aliphatic heterocycles. The van der Waals surface area contributed by atoms with Gasteiger partial charge in [0.25, 0.3) is 5.91 Å². The lowest BCUT2D eigenvalue weighted by Crippen LogP contribution is -2.49. The molecule has 1 aromatic carbocycles. The molecular weight excluding hydrogens is 476 g/mol. The van der Waals surface area contributed by atoms with E-state index in [1.807, 2.05) is 32.0 Å². The molecule has 0 fully saturated rings. The molecule has 2 heterocycles. The van der Waals surface area contributed by atoms with Crippen molar-refractivity contribution in [2.75, 3.05) is 52.9 Å². The van der Waals surface area contributed by atoms with Crippen molar-refractivity contribution in [1.82, 2.24) is 14.8 Å². The molecule has 200 valence electrons. The summed E-state index contributed by atoms with van der Waals surface area (Å²) in [5, 5.41) is 2.73. The topological polar surface area (TPSA) is 110 Å². The van der Waals surface area contributed by atoms with Crippen molar-refractivity contribution in [3.63, 3.8) is 0 Å². The van der Waals surface area contributed by atoms with Gasteiger partial charge in [-0.3, -0.25) is 19.4 Å². The molecule has 0 unspecified atom stereocenters. The van der Waals surface area contributed by atoms with Crippen LogP contribution in [0.3, 0.4) is 0 Å². The lowest BCUT2D eigenvalue weighted by atomic mass is 10.0. The largest absolute Gasteiger partial charge is 0.491 e. The molecule has 1 aliphatic rings. The molecule has 0 aliphatic carbocycles. The number of anilines is 1. The minimum atomic E-state index is -0.323. The van der Waals surface area contributed by atoms with E-state index in [0.29, 0.717) is 35.8 Å². The Morgan fingerprint density at radius 1 is 1.16 bits per heavy atom. The van der Waals surface area contributed by atoms with E-state index in [0.717, 1.165) is 0 Å². The van der Waals surface area contributed by atoms with E-state index in [-0.39, 0.29) is 55.4 Å². The maximum absolute atomic E-state index is 13.4. The van der Waals surface area contributed by atoms with Gasteiger partial charge in [0.05, 0.1) is 24.1 Å². The van der Waals surface area contributed by atoms with E-state index in [1.165, 1.54) is 7.11 Å². The Hall–Kier alpha value is -3.50. The van der Waals surface area contributed by atoms with Gasteiger partial charge in [0.1, 0.15) is 19.0 Å². The van der Waals surface area contributed by atoms with Crippen molar-refractivity contribution in [3.8, 4) is 5.75 Å². The lowest BCUT2D eigenvalue weighted by molar-refractivity contribution is -0.134. The summed E-state index contributed by atoms with van der Waals surface area (Å²) in [5.41, 5.74) is 1.52. The first kappa shape index (κ1) is 28.1. The molecule has 0 saturated carbocycles. The molecule has 1 N–H and O–H groups in total. The summed E-state index contributed by atoms with van der Waals surface area (Å²) in [6.45, 7) is 4.73. The van der Waals surface area contributed by atoms with Gasteiger partial charge >= 0.3 is 0 Å². The number of methoxy groups -OCH3 is 2. The zero-order valence-corrected chi connectivity index (χ0v) is 22.1. The van der Waals surface area contributed by atoms with Gasteiger partial charge in [-0.15, -0.1) is 0 Å². The van der Waals surface area contributed by atoms with Crippen LogP contribution in [0, 0.1) is 5.92 Å². The van der Waals surface area contributed by atoms with Gasteiger partial charge in [0.15, 0.2) is 0 Å². The van der Waals surface area contributed by atoms with Gasteiger partial charge in [0, 0.05) is 63.9 Å². The number of fused-ring (bicyclic) bond motifs is 1. The number of rotatable bonds is 6. The molecule has 3 atom stereocenters. The third-order valence-electron chi connectivity index (χ3n) is 6.38. The molecule has 1 aromatic heterocycles. The van der Waals surface area contributed by atoms with Crippen LogP contribution in [-0.4, -0.2) is 92.2 Å². The maximum Gasteiger partial charge on any atom is 0.257 e. The lowest BCUT2D eigenvalue weighted by Gasteiger charge is -2.36. The summed E-state index contributed by atoms with van der Waals surface area (Å²) in [6, 6.07) is 10.1. The second-order valence-electron chi connectivity index (χ2n) is 9.33. The van der Waals surface area contributed by atoms with Crippen LogP contribution in [0.15, 0.2) is 42.6 Å². The van der Waals surface area contributed by atoms with Crippen LogP contribution in [0.4, 0.5) is 5.69 Å². The molecular formula is C27H36N4O6. The molecule has 0 bridgehead atoms. The minimum Gasteiger partial charge on any atom is -0.491 e. The number of hydrogen-bond donors (Lipinski definition) is 1. The van der Waals surface area contributed by atoms with E-state index in [2.05, 4.69) is 10.3 Å². The number of carbonyl (C=O) groups is 3. The Morgan fingerprint density at radius 2 is 1.95 bits per heavy atom. The normalized spacial score (nSPS) is 20.8. The number of ether oxygens (including phenoxy) is 3. The molecule has 3 amide bonds. The highest BCUT2D eigenvalue weighted by Gasteiger charge is 2.30. The first-order valence-corrected chi connectivity index (χ1v) is 12.3. The summed E-state index contributed by atoms with van der Waals surface area (Å²) in [5.74, 6) is -0.351. The number of nitrogens with zero attached hydrogens (tertiary/aromatic N) is 3. The van der Waals surface area contributed by atoms with Crippen LogP contribution in [0.1, 0.15) is 29.9 Å². The van der Waals surface area contributed by atoms with Gasteiger partial charge < -0.3 is 29.3 Å². The van der Waals surface area contributed by atoms with Crippen molar-refractivity contribution < 1.29 is 28.6 Å². The van der Waals surface area contributed by atoms with Crippen molar-refractivity contribution in [1.29, 1.82) is 0 Å². The average molecular weight is 513 g/mol.